The van der Waals surface area contributed by atoms with Crippen molar-refractivity contribution in [2.45, 2.75) is 26.9 Å². The molecule has 0 atom stereocenters. The third-order valence-corrected chi connectivity index (χ3v) is 4.84. The van der Waals surface area contributed by atoms with E-state index in [0.29, 0.717) is 23.7 Å². The Bertz CT molecular complexity index is 1060. The first-order chi connectivity index (χ1) is 13.5. The van der Waals surface area contributed by atoms with Gasteiger partial charge in [0, 0.05) is 24.5 Å². The van der Waals surface area contributed by atoms with Gasteiger partial charge in [-0.15, -0.1) is 0 Å². The topological polar surface area (TPSA) is 82.4 Å². The molecule has 0 saturated carbocycles. The van der Waals surface area contributed by atoms with Crippen LogP contribution in [0, 0.1) is 6.92 Å². The fourth-order valence-electron chi connectivity index (χ4n) is 3.39. The molecule has 8 nitrogen and oxygen atoms in total. The van der Waals surface area contributed by atoms with Crippen molar-refractivity contribution in [3.05, 3.63) is 47.5 Å². The van der Waals surface area contributed by atoms with Gasteiger partial charge in [0.05, 0.1) is 49.6 Å². The van der Waals surface area contributed by atoms with Crippen molar-refractivity contribution in [2.24, 2.45) is 0 Å². The van der Waals surface area contributed by atoms with E-state index in [1.54, 1.807) is 36.2 Å². The highest BCUT2D eigenvalue weighted by atomic mass is 16.5. The van der Waals surface area contributed by atoms with Crippen LogP contribution in [-0.4, -0.2) is 39.9 Å². The van der Waals surface area contributed by atoms with Crippen molar-refractivity contribution in [3.63, 3.8) is 0 Å². The summed E-state index contributed by atoms with van der Waals surface area (Å²) in [7, 11) is 3.11. The van der Waals surface area contributed by atoms with E-state index in [1.807, 2.05) is 32.2 Å². The zero-order valence-electron chi connectivity index (χ0n) is 16.3. The van der Waals surface area contributed by atoms with E-state index in [1.165, 1.54) is 0 Å². The number of rotatable bonds is 5. The maximum absolute atomic E-state index is 12.9. The Morgan fingerprint density at radius 3 is 2.68 bits per heavy atom. The average molecular weight is 379 g/mol. The van der Waals surface area contributed by atoms with Gasteiger partial charge < -0.3 is 9.47 Å². The molecule has 0 saturated heterocycles. The van der Waals surface area contributed by atoms with Gasteiger partial charge in [0.2, 0.25) is 0 Å². The van der Waals surface area contributed by atoms with Crippen LogP contribution in [0.25, 0.3) is 11.3 Å². The van der Waals surface area contributed by atoms with Gasteiger partial charge >= 0.3 is 0 Å². The first-order valence-electron chi connectivity index (χ1n) is 8.99. The molecule has 0 spiro atoms. The van der Waals surface area contributed by atoms with Gasteiger partial charge in [-0.25, -0.2) is 4.98 Å². The Hall–Kier alpha value is -3.42. The Morgan fingerprint density at radius 1 is 1.18 bits per heavy atom. The number of pyridine rings is 2. The van der Waals surface area contributed by atoms with Gasteiger partial charge in [0.25, 0.3) is 11.8 Å². The number of carbonyl (C=O) groups is 1. The number of nitrogens with zero attached hydrogens (tertiary/aromatic N) is 5. The fraction of sp³-hybridized carbons (Fsp3) is 0.300. The lowest BCUT2D eigenvalue weighted by Gasteiger charge is -2.12. The normalized spacial score (nSPS) is 13.0. The summed E-state index contributed by atoms with van der Waals surface area (Å²) < 4.78 is 12.3. The maximum atomic E-state index is 12.9. The number of amides is 1. The molecule has 3 aromatic rings. The molecular formula is C20H21N5O3. The minimum absolute atomic E-state index is 0.0485. The molecular weight excluding hydrogens is 358 g/mol. The predicted octanol–water partition coefficient (Wildman–Crippen LogP) is 2.85. The predicted molar refractivity (Wildman–Crippen MR) is 104 cm³/mol. The summed E-state index contributed by atoms with van der Waals surface area (Å²) in [4.78, 5) is 23.7. The highest BCUT2D eigenvalue weighted by molar-refractivity contribution is 6.10. The van der Waals surface area contributed by atoms with Gasteiger partial charge in [-0.1, -0.05) is 0 Å². The molecule has 0 bridgehead atoms. The van der Waals surface area contributed by atoms with Crippen molar-refractivity contribution < 1.29 is 14.3 Å². The van der Waals surface area contributed by atoms with Crippen molar-refractivity contribution in [2.75, 3.05) is 19.1 Å². The third kappa shape index (κ3) is 2.87. The summed E-state index contributed by atoms with van der Waals surface area (Å²) in [6, 6.07) is 3.73. The summed E-state index contributed by atoms with van der Waals surface area (Å²) in [5, 5.41) is 4.27. The van der Waals surface area contributed by atoms with Crippen LogP contribution < -0.4 is 14.4 Å². The second-order valence-corrected chi connectivity index (χ2v) is 6.53. The smallest absolute Gasteiger partial charge is 0.260 e. The minimum Gasteiger partial charge on any atom is -0.491 e. The maximum Gasteiger partial charge on any atom is 0.260 e. The molecule has 0 N–H and O–H groups in total. The Balaban J connectivity index is 1.72. The van der Waals surface area contributed by atoms with Crippen molar-refractivity contribution >= 4 is 11.6 Å². The Morgan fingerprint density at radius 2 is 2.00 bits per heavy atom. The van der Waals surface area contributed by atoms with Gasteiger partial charge in [0.15, 0.2) is 5.75 Å². The summed E-state index contributed by atoms with van der Waals surface area (Å²) in [5.74, 6) is 0.899. The number of carbonyl (C=O) groups excluding carboxylic acids is 1. The number of hydrogen-bond donors (Lipinski definition) is 0. The Labute approximate surface area is 162 Å². The van der Waals surface area contributed by atoms with E-state index in [0.717, 1.165) is 34.7 Å². The van der Waals surface area contributed by atoms with Crippen LogP contribution in [0.15, 0.2) is 30.7 Å². The molecule has 3 aromatic heterocycles. The number of hydrogen-bond acceptors (Lipinski definition) is 6. The largest absolute Gasteiger partial charge is 0.491 e. The third-order valence-electron chi connectivity index (χ3n) is 4.84. The molecule has 4 rings (SSSR count). The lowest BCUT2D eigenvalue weighted by Crippen LogP contribution is -2.22. The van der Waals surface area contributed by atoms with E-state index >= 15 is 0 Å². The molecule has 1 aliphatic heterocycles. The van der Waals surface area contributed by atoms with Crippen LogP contribution in [0.1, 0.15) is 28.5 Å². The first kappa shape index (κ1) is 18.0. The number of aryl methyl sites for hydroxylation is 2. The molecule has 1 amide bonds. The number of anilines is 1. The van der Waals surface area contributed by atoms with Gasteiger partial charge in [-0.3, -0.25) is 19.4 Å². The molecule has 0 unspecified atom stereocenters. The molecule has 1 aliphatic rings. The zero-order valence-corrected chi connectivity index (χ0v) is 16.3. The summed E-state index contributed by atoms with van der Waals surface area (Å²) in [6.45, 7) is 5.10. The zero-order chi connectivity index (χ0) is 19.8. The van der Waals surface area contributed by atoms with Crippen LogP contribution in [-0.2, 0) is 13.1 Å². The molecule has 0 radical (unpaired) electrons. The van der Waals surface area contributed by atoms with Crippen LogP contribution in [0.3, 0.4) is 0 Å². The van der Waals surface area contributed by atoms with Crippen molar-refractivity contribution in [1.82, 2.24) is 19.7 Å². The highest BCUT2D eigenvalue weighted by Crippen LogP contribution is 2.34. The molecule has 28 heavy (non-hydrogen) atoms. The molecule has 8 heteroatoms. The van der Waals surface area contributed by atoms with E-state index < -0.39 is 0 Å². The number of ether oxygens (including phenoxy) is 2. The van der Waals surface area contributed by atoms with Gasteiger partial charge in [-0.05, 0) is 31.5 Å². The lowest BCUT2D eigenvalue weighted by molar-refractivity contribution is 0.0996. The van der Waals surface area contributed by atoms with E-state index in [2.05, 4.69) is 10.1 Å². The molecule has 0 aliphatic carbocycles. The van der Waals surface area contributed by atoms with E-state index in [9.17, 15) is 4.79 Å². The van der Waals surface area contributed by atoms with Crippen LogP contribution in [0.2, 0.25) is 0 Å². The molecule has 0 fully saturated rings. The number of methoxy groups -OCH3 is 2. The second-order valence-electron chi connectivity index (χ2n) is 6.53. The van der Waals surface area contributed by atoms with Crippen LogP contribution in [0.4, 0.5) is 5.69 Å². The van der Waals surface area contributed by atoms with Crippen LogP contribution in [0.5, 0.6) is 11.6 Å². The summed E-state index contributed by atoms with van der Waals surface area (Å²) in [6.07, 6.45) is 5.27. The number of aromatic nitrogens is 4. The number of fused-ring (bicyclic) bond motifs is 1. The highest BCUT2D eigenvalue weighted by Gasteiger charge is 2.32. The van der Waals surface area contributed by atoms with Crippen LogP contribution >= 0.6 is 0 Å². The molecule has 0 aromatic carbocycles. The quantitative estimate of drug-likeness (QED) is 0.678. The SMILES string of the molecule is CCn1cc(N2Cc3nc(-c4cnc(OC)c(OC)c4)cc(C)c3C2=O)cn1. The van der Waals surface area contributed by atoms with Gasteiger partial charge in [0.1, 0.15) is 0 Å². The van der Waals surface area contributed by atoms with Gasteiger partial charge in [-0.2, -0.15) is 5.10 Å². The lowest BCUT2D eigenvalue weighted by atomic mass is 10.1. The molecule has 4 heterocycles. The minimum atomic E-state index is -0.0485. The monoisotopic (exact) mass is 379 g/mol. The van der Waals surface area contributed by atoms with Crippen molar-refractivity contribution in [1.29, 1.82) is 0 Å². The second kappa shape index (κ2) is 6.95. The van der Waals surface area contributed by atoms with E-state index in [-0.39, 0.29) is 5.91 Å². The Kier molecular flexibility index (Phi) is 4.46. The summed E-state index contributed by atoms with van der Waals surface area (Å²) in [5.41, 5.74) is 4.60. The first-order valence-corrected chi connectivity index (χ1v) is 8.99. The summed E-state index contributed by atoms with van der Waals surface area (Å²) >= 11 is 0. The fourth-order valence-corrected chi connectivity index (χ4v) is 3.39. The van der Waals surface area contributed by atoms with E-state index in [4.69, 9.17) is 14.5 Å². The molecule has 144 valence electrons. The van der Waals surface area contributed by atoms with Crippen molar-refractivity contribution in [3.8, 4) is 22.9 Å². The standard InChI is InChI=1S/C20H21N5O3/c1-5-24-10-14(9-22-24)25-11-16-18(20(25)26)12(2)6-15(23-16)13-7-17(27-3)19(28-4)21-8-13/h6-10H,5,11H2,1-4H3. The average Bonchev–Trinajstić information content (AvgIpc) is 3.31.